The van der Waals surface area contributed by atoms with Crippen molar-refractivity contribution in [3.63, 3.8) is 0 Å². The predicted octanol–water partition coefficient (Wildman–Crippen LogP) is 13.4. The van der Waals surface area contributed by atoms with Crippen molar-refractivity contribution < 1.29 is 4.42 Å². The molecule has 11 rings (SSSR count). The Morgan fingerprint density at radius 1 is 0.491 bits per heavy atom. The summed E-state index contributed by atoms with van der Waals surface area (Å²) < 4.78 is 10.1. The lowest BCUT2D eigenvalue weighted by atomic mass is 9.94. The van der Waals surface area contributed by atoms with Gasteiger partial charge in [-0.1, -0.05) is 133 Å². The van der Waals surface area contributed by atoms with E-state index in [1.807, 2.05) is 29.5 Å². The zero-order chi connectivity index (χ0) is 34.9. The third-order valence-electron chi connectivity index (χ3n) is 10.2. The number of hydrogen-bond acceptors (Lipinski definition) is 4. The highest BCUT2D eigenvalue weighted by molar-refractivity contribution is 7.24. The molecule has 0 aliphatic carbocycles. The Morgan fingerprint density at radius 2 is 1.15 bits per heavy atom. The molecule has 4 nitrogen and oxygen atoms in total. The lowest BCUT2D eigenvalue weighted by Gasteiger charge is -2.12. The van der Waals surface area contributed by atoms with Crippen LogP contribution in [0.3, 0.4) is 0 Å². The number of benzene rings is 7. The van der Waals surface area contributed by atoms with Crippen molar-refractivity contribution in [1.29, 1.82) is 0 Å². The van der Waals surface area contributed by atoms with Gasteiger partial charge >= 0.3 is 0 Å². The highest BCUT2D eigenvalue weighted by Crippen LogP contribution is 2.52. The Labute approximate surface area is 308 Å². The molecule has 4 aromatic heterocycles. The quantitative estimate of drug-likeness (QED) is 0.180. The molecule has 7 aromatic carbocycles. The van der Waals surface area contributed by atoms with Gasteiger partial charge in [-0.2, -0.15) is 0 Å². The van der Waals surface area contributed by atoms with Gasteiger partial charge in [0.05, 0.1) is 22.2 Å². The van der Waals surface area contributed by atoms with E-state index in [0.29, 0.717) is 0 Å². The van der Waals surface area contributed by atoms with Crippen molar-refractivity contribution in [2.75, 3.05) is 0 Å². The fourth-order valence-corrected chi connectivity index (χ4v) is 9.21. The van der Waals surface area contributed by atoms with E-state index in [1.165, 1.54) is 4.70 Å². The minimum absolute atomic E-state index is 0.889. The highest BCUT2D eigenvalue weighted by Gasteiger charge is 2.25. The number of thiophene rings is 1. The summed E-state index contributed by atoms with van der Waals surface area (Å²) in [7, 11) is 0. The zero-order valence-corrected chi connectivity index (χ0v) is 29.2. The summed E-state index contributed by atoms with van der Waals surface area (Å²) >= 11 is 1.82. The van der Waals surface area contributed by atoms with Gasteiger partial charge in [0.15, 0.2) is 0 Å². The summed E-state index contributed by atoms with van der Waals surface area (Å²) in [5.74, 6) is 0.907. The van der Waals surface area contributed by atoms with Gasteiger partial charge < -0.3 is 4.42 Å². The van der Waals surface area contributed by atoms with Gasteiger partial charge in [0, 0.05) is 59.1 Å². The van der Waals surface area contributed by atoms with Crippen LogP contribution in [-0.4, -0.2) is 14.5 Å². The van der Waals surface area contributed by atoms with E-state index in [4.69, 9.17) is 14.4 Å². The van der Waals surface area contributed by atoms with Crippen molar-refractivity contribution in [1.82, 2.24) is 14.5 Å². The molecular formula is C48H29N3OS. The topological polar surface area (TPSA) is 43.9 Å². The number of rotatable bonds is 5. The number of hydrogen-bond donors (Lipinski definition) is 0. The average molecular weight is 696 g/mol. The molecule has 0 amide bonds. The number of imidazole rings is 1. The van der Waals surface area contributed by atoms with Gasteiger partial charge in [0.2, 0.25) is 0 Å². The van der Waals surface area contributed by atoms with Crippen LogP contribution in [0.4, 0.5) is 0 Å². The fourth-order valence-electron chi connectivity index (χ4n) is 7.83. The van der Waals surface area contributed by atoms with Gasteiger partial charge in [0.1, 0.15) is 17.0 Å². The molecule has 0 aliphatic heterocycles. The van der Waals surface area contributed by atoms with Gasteiger partial charge in [-0.3, -0.25) is 4.57 Å². The molecule has 0 saturated heterocycles. The Kier molecular flexibility index (Phi) is 6.69. The summed E-state index contributed by atoms with van der Waals surface area (Å²) in [4.78, 5) is 11.7. The van der Waals surface area contributed by atoms with Crippen molar-refractivity contribution >= 4 is 65.3 Å². The van der Waals surface area contributed by atoms with Crippen LogP contribution in [0.15, 0.2) is 180 Å². The van der Waals surface area contributed by atoms with Gasteiger partial charge in [-0.25, -0.2) is 9.97 Å². The molecule has 4 heterocycles. The molecule has 0 N–H and O–H groups in total. The Bertz CT molecular complexity index is 3160. The average Bonchev–Trinajstić information content (AvgIpc) is 3.94. The Balaban J connectivity index is 1.20. The molecule has 0 saturated carbocycles. The zero-order valence-electron chi connectivity index (χ0n) is 28.4. The maximum atomic E-state index is 6.67. The summed E-state index contributed by atoms with van der Waals surface area (Å²) in [6.45, 7) is 0. The van der Waals surface area contributed by atoms with E-state index < -0.39 is 0 Å². The molecule has 0 radical (unpaired) electrons. The second kappa shape index (κ2) is 11.9. The molecule has 248 valence electrons. The summed E-state index contributed by atoms with van der Waals surface area (Å²) in [6, 6.07) is 61.6. The molecule has 11 aromatic rings. The number of nitrogens with zero attached hydrogens (tertiary/aromatic N) is 3. The second-order valence-electron chi connectivity index (χ2n) is 13.3. The first-order valence-electron chi connectivity index (χ1n) is 17.8. The minimum atomic E-state index is 0.889. The van der Waals surface area contributed by atoms with Crippen LogP contribution in [0.5, 0.6) is 0 Å². The first kappa shape index (κ1) is 29.9. The maximum absolute atomic E-state index is 6.67. The van der Waals surface area contributed by atoms with E-state index in [2.05, 4.69) is 162 Å². The fraction of sp³-hybridized carbons (Fsp3) is 0. The monoisotopic (exact) mass is 695 g/mol. The number of fused-ring (bicyclic) bond motifs is 7. The molecule has 0 unspecified atom stereocenters. The normalized spacial score (nSPS) is 11.8. The van der Waals surface area contributed by atoms with Crippen LogP contribution in [0.1, 0.15) is 0 Å². The van der Waals surface area contributed by atoms with E-state index >= 15 is 0 Å². The van der Waals surface area contributed by atoms with Crippen LogP contribution in [0.25, 0.3) is 104 Å². The first-order valence-corrected chi connectivity index (χ1v) is 18.6. The molecule has 0 atom stereocenters. The number of para-hydroxylation sites is 6. The van der Waals surface area contributed by atoms with Crippen molar-refractivity contribution in [3.05, 3.63) is 176 Å². The summed E-state index contributed by atoms with van der Waals surface area (Å²) in [5.41, 5.74) is 12.3. The number of aromatic nitrogens is 3. The first-order chi connectivity index (χ1) is 26.3. The molecule has 53 heavy (non-hydrogen) atoms. The summed E-state index contributed by atoms with van der Waals surface area (Å²) in [6.07, 6.45) is 0. The SMILES string of the molecule is c1ccc(-c2nc3ccccc3c3sc(-c4cccc5c4oc4ccccc45)c(-c4ccc(-c5nc6ccccc6n5-c5ccccc5)cc4)c23)cc1. The minimum Gasteiger partial charge on any atom is -0.455 e. The van der Waals surface area contributed by atoms with E-state index in [1.54, 1.807) is 0 Å². The van der Waals surface area contributed by atoms with Crippen molar-refractivity contribution in [2.24, 2.45) is 0 Å². The van der Waals surface area contributed by atoms with E-state index in [-0.39, 0.29) is 0 Å². The van der Waals surface area contributed by atoms with Crippen LogP contribution < -0.4 is 0 Å². The molecule has 5 heteroatoms. The molecular weight excluding hydrogens is 667 g/mol. The molecule has 0 spiro atoms. The lowest BCUT2D eigenvalue weighted by Crippen LogP contribution is -1.97. The standard InChI is InChI=1S/C48H29N3OS/c1-3-14-31(15-4-1)44-43-42(30-26-28-32(29-27-30)48-50-39-23-10-11-24-40(39)51(48)33-16-5-2-6-17-33)47(53-46(43)36-19-7-9-22-38(36)49-44)37-21-13-20-35-34-18-8-12-25-41(34)52-45(35)37/h1-29H. The van der Waals surface area contributed by atoms with Crippen LogP contribution in [-0.2, 0) is 0 Å². The molecule has 0 fully saturated rings. The largest absolute Gasteiger partial charge is 0.455 e. The molecule has 0 aliphatic rings. The van der Waals surface area contributed by atoms with Gasteiger partial charge in [-0.15, -0.1) is 11.3 Å². The van der Waals surface area contributed by atoms with Crippen LogP contribution in [0.2, 0.25) is 0 Å². The predicted molar refractivity (Wildman–Crippen MR) is 221 cm³/mol. The summed E-state index contributed by atoms with van der Waals surface area (Å²) in [5, 5.41) is 4.52. The van der Waals surface area contributed by atoms with Gasteiger partial charge in [-0.05, 0) is 48.0 Å². The number of pyridine rings is 1. The van der Waals surface area contributed by atoms with Crippen LogP contribution in [0, 0.1) is 0 Å². The van der Waals surface area contributed by atoms with Crippen LogP contribution >= 0.6 is 11.3 Å². The second-order valence-corrected chi connectivity index (χ2v) is 14.3. The third kappa shape index (κ3) is 4.68. The molecule has 0 bridgehead atoms. The van der Waals surface area contributed by atoms with Crippen molar-refractivity contribution in [3.8, 4) is 49.9 Å². The third-order valence-corrected chi connectivity index (χ3v) is 11.5. The van der Waals surface area contributed by atoms with E-state index in [0.717, 1.165) is 99.2 Å². The van der Waals surface area contributed by atoms with Gasteiger partial charge in [0.25, 0.3) is 0 Å². The smallest absolute Gasteiger partial charge is 0.145 e. The Hall–Kier alpha value is -6.82. The number of furan rings is 1. The highest BCUT2D eigenvalue weighted by atomic mass is 32.1. The van der Waals surface area contributed by atoms with Crippen molar-refractivity contribution in [2.45, 2.75) is 0 Å². The lowest BCUT2D eigenvalue weighted by molar-refractivity contribution is 0.670. The maximum Gasteiger partial charge on any atom is 0.145 e. The van der Waals surface area contributed by atoms with E-state index in [9.17, 15) is 0 Å². The Morgan fingerprint density at radius 3 is 1.98 bits per heavy atom.